The van der Waals surface area contributed by atoms with Crippen molar-refractivity contribution in [2.75, 3.05) is 27.2 Å². The molecule has 0 amide bonds. The summed E-state index contributed by atoms with van der Waals surface area (Å²) in [6.45, 7) is 2.64. The van der Waals surface area contributed by atoms with Gasteiger partial charge in [0.1, 0.15) is 0 Å². The molecule has 0 saturated carbocycles. The summed E-state index contributed by atoms with van der Waals surface area (Å²) in [5, 5.41) is 3.42. The molecule has 116 valence electrons. The molecule has 1 aliphatic rings. The number of halogens is 1. The van der Waals surface area contributed by atoms with Crippen molar-refractivity contribution >= 4 is 21.9 Å². The van der Waals surface area contributed by atoms with Crippen molar-refractivity contribution in [3.05, 3.63) is 34.3 Å². The van der Waals surface area contributed by atoms with Gasteiger partial charge in [-0.2, -0.15) is 0 Å². The first-order valence-electron chi connectivity index (χ1n) is 7.47. The topological polar surface area (TPSA) is 36.9 Å². The first-order valence-corrected chi connectivity index (χ1v) is 8.27. The van der Waals surface area contributed by atoms with Crippen LogP contribution >= 0.6 is 15.9 Å². The average Bonchev–Trinajstić information content (AvgIpc) is 2.99. The van der Waals surface area contributed by atoms with Crippen LogP contribution in [0.2, 0.25) is 0 Å². The Morgan fingerprint density at radius 3 is 2.95 bits per heavy atom. The van der Waals surface area contributed by atoms with Crippen molar-refractivity contribution in [3.63, 3.8) is 0 Å². The molecule has 5 heteroatoms. The fraction of sp³-hybridized carbons (Fsp3) is 0.562. The molecule has 0 aliphatic carbocycles. The predicted molar refractivity (Wildman–Crippen MR) is 90.6 cm³/mol. The lowest BCUT2D eigenvalue weighted by Gasteiger charge is -2.23. The Labute approximate surface area is 135 Å². The number of aliphatic imine (C=N–C) groups is 1. The molecule has 1 saturated heterocycles. The second-order valence-electron chi connectivity index (χ2n) is 5.35. The Hall–Kier alpha value is -1.07. The third kappa shape index (κ3) is 5.00. The molecule has 1 fully saturated rings. The van der Waals surface area contributed by atoms with E-state index >= 15 is 0 Å². The number of nitrogens with zero attached hydrogens (tertiary/aromatic N) is 2. The van der Waals surface area contributed by atoms with Gasteiger partial charge < -0.3 is 15.0 Å². The molecule has 1 aromatic carbocycles. The van der Waals surface area contributed by atoms with Gasteiger partial charge in [-0.05, 0) is 30.9 Å². The first-order chi connectivity index (χ1) is 10.2. The lowest BCUT2D eigenvalue weighted by atomic mass is 10.2. The van der Waals surface area contributed by atoms with Gasteiger partial charge in [0.05, 0.1) is 6.10 Å². The van der Waals surface area contributed by atoms with Gasteiger partial charge in [-0.25, -0.2) is 0 Å². The van der Waals surface area contributed by atoms with Crippen LogP contribution in [0.1, 0.15) is 24.8 Å². The summed E-state index contributed by atoms with van der Waals surface area (Å²) in [7, 11) is 3.88. The van der Waals surface area contributed by atoms with Crippen molar-refractivity contribution < 1.29 is 4.74 Å². The highest BCUT2D eigenvalue weighted by atomic mass is 79.9. The van der Waals surface area contributed by atoms with Crippen LogP contribution in [0.4, 0.5) is 0 Å². The van der Waals surface area contributed by atoms with Crippen LogP contribution in [0.3, 0.4) is 0 Å². The van der Waals surface area contributed by atoms with E-state index in [4.69, 9.17) is 4.74 Å². The lowest BCUT2D eigenvalue weighted by molar-refractivity contribution is 0.105. The molecule has 0 bridgehead atoms. The van der Waals surface area contributed by atoms with Crippen molar-refractivity contribution in [1.29, 1.82) is 0 Å². The Morgan fingerprint density at radius 2 is 2.29 bits per heavy atom. The van der Waals surface area contributed by atoms with Gasteiger partial charge in [0.2, 0.25) is 0 Å². The third-order valence-corrected chi connectivity index (χ3v) is 4.49. The molecule has 21 heavy (non-hydrogen) atoms. The van der Waals surface area contributed by atoms with E-state index < -0.39 is 0 Å². The highest BCUT2D eigenvalue weighted by Crippen LogP contribution is 2.17. The Morgan fingerprint density at radius 1 is 1.48 bits per heavy atom. The van der Waals surface area contributed by atoms with E-state index in [9.17, 15) is 0 Å². The summed E-state index contributed by atoms with van der Waals surface area (Å²) >= 11 is 3.59. The number of nitrogens with one attached hydrogen (secondary N) is 1. The third-order valence-electron chi connectivity index (χ3n) is 3.71. The van der Waals surface area contributed by atoms with Crippen LogP contribution in [0, 0.1) is 0 Å². The highest BCUT2D eigenvalue weighted by Gasteiger charge is 2.15. The quantitative estimate of drug-likeness (QED) is 0.652. The minimum absolute atomic E-state index is 0.421. The average molecular weight is 354 g/mol. The van der Waals surface area contributed by atoms with Gasteiger partial charge in [-0.15, -0.1) is 0 Å². The molecule has 1 N–H and O–H groups in total. The summed E-state index contributed by atoms with van der Waals surface area (Å²) in [6.07, 6.45) is 3.85. The smallest absolute Gasteiger partial charge is 0.193 e. The maximum absolute atomic E-state index is 5.64. The summed E-state index contributed by atoms with van der Waals surface area (Å²) in [4.78, 5) is 6.49. The van der Waals surface area contributed by atoms with Gasteiger partial charge in [-0.1, -0.05) is 34.1 Å². The fourth-order valence-electron chi connectivity index (χ4n) is 2.56. The number of ether oxygens (including phenoxy) is 1. The SMILES string of the molecule is CN=C(NCCC1CCCO1)N(C)Cc1ccccc1Br. The van der Waals surface area contributed by atoms with Crippen LogP contribution < -0.4 is 5.32 Å². The first kappa shape index (κ1) is 16.3. The zero-order chi connectivity index (χ0) is 15.1. The van der Waals surface area contributed by atoms with E-state index in [1.54, 1.807) is 0 Å². The van der Waals surface area contributed by atoms with E-state index in [0.717, 1.165) is 36.5 Å². The van der Waals surface area contributed by atoms with Crippen LogP contribution in [0.5, 0.6) is 0 Å². The Bertz CT molecular complexity index is 472. The summed E-state index contributed by atoms with van der Waals surface area (Å²) < 4.78 is 6.77. The molecular formula is C16H24BrN3O. The fourth-order valence-corrected chi connectivity index (χ4v) is 2.97. The van der Waals surface area contributed by atoms with Crippen molar-refractivity contribution in [3.8, 4) is 0 Å². The zero-order valence-electron chi connectivity index (χ0n) is 12.8. The second kappa shape index (κ2) is 8.39. The number of rotatable bonds is 5. The van der Waals surface area contributed by atoms with E-state index in [1.807, 2.05) is 13.1 Å². The van der Waals surface area contributed by atoms with Crippen molar-refractivity contribution in [2.45, 2.75) is 31.9 Å². The zero-order valence-corrected chi connectivity index (χ0v) is 14.4. The molecule has 1 atom stereocenters. The molecule has 0 radical (unpaired) electrons. The van der Waals surface area contributed by atoms with E-state index in [1.165, 1.54) is 18.4 Å². The van der Waals surface area contributed by atoms with Gasteiger partial charge in [-0.3, -0.25) is 4.99 Å². The summed E-state index contributed by atoms with van der Waals surface area (Å²) in [5.74, 6) is 0.920. The molecule has 2 rings (SSSR count). The maximum atomic E-state index is 5.64. The highest BCUT2D eigenvalue weighted by molar-refractivity contribution is 9.10. The molecule has 1 aromatic rings. The number of hydrogen-bond donors (Lipinski definition) is 1. The van der Waals surface area contributed by atoms with Crippen LogP contribution in [0.15, 0.2) is 33.7 Å². The van der Waals surface area contributed by atoms with Crippen LogP contribution in [0.25, 0.3) is 0 Å². The summed E-state index contributed by atoms with van der Waals surface area (Å²) in [6, 6.07) is 8.28. The van der Waals surface area contributed by atoms with E-state index in [-0.39, 0.29) is 0 Å². The Balaban J connectivity index is 1.81. The summed E-state index contributed by atoms with van der Waals surface area (Å²) in [5.41, 5.74) is 1.25. The van der Waals surface area contributed by atoms with Crippen molar-refractivity contribution in [2.24, 2.45) is 4.99 Å². The van der Waals surface area contributed by atoms with E-state index in [0.29, 0.717) is 6.10 Å². The molecule has 0 aromatic heterocycles. The van der Waals surface area contributed by atoms with Crippen LogP contribution in [-0.2, 0) is 11.3 Å². The maximum Gasteiger partial charge on any atom is 0.193 e. The predicted octanol–water partition coefficient (Wildman–Crippen LogP) is 3.03. The number of guanidine groups is 1. The molecule has 0 spiro atoms. The number of benzene rings is 1. The van der Waals surface area contributed by atoms with Gasteiger partial charge in [0.25, 0.3) is 0 Å². The van der Waals surface area contributed by atoms with Crippen LogP contribution in [-0.4, -0.2) is 44.2 Å². The standard InChI is InChI=1S/C16H24BrN3O/c1-18-16(19-10-9-14-7-5-11-21-14)20(2)12-13-6-3-4-8-15(13)17/h3-4,6,8,14H,5,7,9-12H2,1-2H3,(H,18,19). The largest absolute Gasteiger partial charge is 0.378 e. The monoisotopic (exact) mass is 353 g/mol. The molecule has 1 unspecified atom stereocenters. The molecule has 1 aliphatic heterocycles. The van der Waals surface area contributed by atoms with E-state index in [2.05, 4.69) is 56.4 Å². The lowest BCUT2D eigenvalue weighted by Crippen LogP contribution is -2.39. The minimum Gasteiger partial charge on any atom is -0.378 e. The molecule has 1 heterocycles. The minimum atomic E-state index is 0.421. The normalized spacial score (nSPS) is 18.8. The number of hydrogen-bond acceptors (Lipinski definition) is 2. The van der Waals surface area contributed by atoms with Gasteiger partial charge in [0, 0.05) is 38.3 Å². The van der Waals surface area contributed by atoms with Crippen molar-refractivity contribution in [1.82, 2.24) is 10.2 Å². The Kier molecular flexibility index (Phi) is 6.51. The molecular weight excluding hydrogens is 330 g/mol. The molecule has 4 nitrogen and oxygen atoms in total. The van der Waals surface area contributed by atoms with Gasteiger partial charge in [0.15, 0.2) is 5.96 Å². The van der Waals surface area contributed by atoms with Gasteiger partial charge >= 0.3 is 0 Å². The second-order valence-corrected chi connectivity index (χ2v) is 6.20.